The first-order chi connectivity index (χ1) is 7.70. The quantitative estimate of drug-likeness (QED) is 0.809. The van der Waals surface area contributed by atoms with E-state index >= 15 is 0 Å². The minimum absolute atomic E-state index is 0.352. The molecule has 0 aliphatic rings. The summed E-state index contributed by atoms with van der Waals surface area (Å²) in [5, 5.41) is 2.79. The fraction of sp³-hybridized carbons (Fsp3) is 0.500. The van der Waals surface area contributed by atoms with Crippen molar-refractivity contribution in [1.82, 2.24) is 5.32 Å². The van der Waals surface area contributed by atoms with Gasteiger partial charge in [-0.25, -0.2) is 8.78 Å². The molecule has 1 atom stereocenters. The molecule has 0 spiro atoms. The maximum atomic E-state index is 12.9. The summed E-state index contributed by atoms with van der Waals surface area (Å²) in [5.41, 5.74) is 1.41. The zero-order chi connectivity index (χ0) is 12.0. The van der Waals surface area contributed by atoms with Crippen molar-refractivity contribution in [2.75, 3.05) is 13.7 Å². The topological polar surface area (TPSA) is 21.3 Å². The van der Waals surface area contributed by atoms with E-state index in [0.717, 1.165) is 5.56 Å². The number of benzene rings is 1. The van der Waals surface area contributed by atoms with Crippen LogP contribution in [-0.2, 0) is 11.3 Å². The fourth-order valence-corrected chi connectivity index (χ4v) is 1.68. The fourth-order valence-electron chi connectivity index (χ4n) is 1.68. The molecule has 90 valence electrons. The van der Waals surface area contributed by atoms with Crippen LogP contribution in [0.15, 0.2) is 24.3 Å². The number of hydrogen-bond acceptors (Lipinski definition) is 2. The van der Waals surface area contributed by atoms with Crippen LogP contribution in [0.25, 0.3) is 0 Å². The van der Waals surface area contributed by atoms with Gasteiger partial charge in [-0.05, 0) is 17.7 Å². The average Bonchev–Trinajstić information content (AvgIpc) is 2.27. The molecule has 0 saturated heterocycles. The molecular formula is C12H17F2NO. The van der Waals surface area contributed by atoms with Crippen LogP contribution in [0.2, 0.25) is 0 Å². The smallest absolute Gasteiger partial charge is 0.257 e. The highest BCUT2D eigenvalue weighted by molar-refractivity contribution is 5.30. The second-order valence-corrected chi connectivity index (χ2v) is 3.50. The van der Waals surface area contributed by atoms with Crippen LogP contribution >= 0.6 is 0 Å². The van der Waals surface area contributed by atoms with Crippen LogP contribution in [0.3, 0.4) is 0 Å². The third kappa shape index (κ3) is 3.25. The van der Waals surface area contributed by atoms with Crippen LogP contribution in [-0.4, -0.2) is 20.1 Å². The Bertz CT molecular complexity index is 318. The molecule has 1 aromatic carbocycles. The monoisotopic (exact) mass is 229 g/mol. The van der Waals surface area contributed by atoms with Gasteiger partial charge in [0.25, 0.3) is 6.43 Å². The molecule has 2 nitrogen and oxygen atoms in total. The highest BCUT2D eigenvalue weighted by atomic mass is 19.3. The number of rotatable bonds is 6. The van der Waals surface area contributed by atoms with Crippen LogP contribution in [0.5, 0.6) is 0 Å². The van der Waals surface area contributed by atoms with Gasteiger partial charge in [0.05, 0.1) is 12.6 Å². The lowest BCUT2D eigenvalue weighted by atomic mass is 10.0. The summed E-state index contributed by atoms with van der Waals surface area (Å²) in [6.07, 6.45) is -2.42. The Morgan fingerprint density at radius 3 is 2.56 bits per heavy atom. The number of alkyl halides is 2. The predicted molar refractivity (Wildman–Crippen MR) is 59.6 cm³/mol. The summed E-state index contributed by atoms with van der Waals surface area (Å²) in [5.74, 6) is 0. The van der Waals surface area contributed by atoms with Crippen molar-refractivity contribution in [3.05, 3.63) is 35.4 Å². The molecule has 0 aliphatic carbocycles. The normalized spacial score (nSPS) is 13.1. The summed E-state index contributed by atoms with van der Waals surface area (Å²) < 4.78 is 30.8. The lowest BCUT2D eigenvalue weighted by Gasteiger charge is -2.20. The Morgan fingerprint density at radius 1 is 1.31 bits per heavy atom. The number of methoxy groups -OCH3 is 1. The van der Waals surface area contributed by atoms with Crippen molar-refractivity contribution >= 4 is 0 Å². The first-order valence-electron chi connectivity index (χ1n) is 5.29. The van der Waals surface area contributed by atoms with Crippen molar-refractivity contribution in [2.45, 2.75) is 26.0 Å². The molecule has 0 radical (unpaired) electrons. The minimum atomic E-state index is -2.42. The Labute approximate surface area is 94.6 Å². The van der Waals surface area contributed by atoms with Crippen LogP contribution in [0.1, 0.15) is 24.1 Å². The third-order valence-electron chi connectivity index (χ3n) is 2.37. The van der Waals surface area contributed by atoms with E-state index in [1.54, 1.807) is 19.2 Å². The first-order valence-corrected chi connectivity index (χ1v) is 5.29. The van der Waals surface area contributed by atoms with E-state index < -0.39 is 12.5 Å². The summed E-state index contributed by atoms with van der Waals surface area (Å²) in [6.45, 7) is 2.68. The van der Waals surface area contributed by atoms with Gasteiger partial charge in [0.2, 0.25) is 0 Å². The van der Waals surface area contributed by atoms with Gasteiger partial charge in [-0.15, -0.1) is 0 Å². The van der Waals surface area contributed by atoms with Gasteiger partial charge in [-0.2, -0.15) is 0 Å². The molecule has 16 heavy (non-hydrogen) atoms. The van der Waals surface area contributed by atoms with Crippen molar-refractivity contribution in [2.24, 2.45) is 0 Å². The summed E-state index contributed by atoms with van der Waals surface area (Å²) in [6, 6.07) is 6.20. The number of nitrogens with one attached hydrogen (secondary N) is 1. The molecule has 0 aromatic heterocycles. The van der Waals surface area contributed by atoms with E-state index in [1.807, 2.05) is 19.1 Å². The van der Waals surface area contributed by atoms with E-state index in [2.05, 4.69) is 5.32 Å². The maximum absolute atomic E-state index is 12.9. The minimum Gasteiger partial charge on any atom is -0.380 e. The molecule has 0 saturated carbocycles. The van der Waals surface area contributed by atoms with Crippen molar-refractivity contribution in [1.29, 1.82) is 0 Å². The van der Waals surface area contributed by atoms with Crippen LogP contribution < -0.4 is 5.32 Å². The number of halogens is 2. The second-order valence-electron chi connectivity index (χ2n) is 3.50. The molecule has 4 heteroatoms. The highest BCUT2D eigenvalue weighted by Crippen LogP contribution is 2.24. The van der Waals surface area contributed by atoms with Crippen LogP contribution in [0, 0.1) is 0 Å². The molecule has 1 rings (SSSR count). The van der Waals surface area contributed by atoms with Crippen molar-refractivity contribution in [3.63, 3.8) is 0 Å². The van der Waals surface area contributed by atoms with E-state index in [0.29, 0.717) is 18.7 Å². The third-order valence-corrected chi connectivity index (χ3v) is 2.37. The maximum Gasteiger partial charge on any atom is 0.257 e. The predicted octanol–water partition coefficient (Wildman–Crippen LogP) is 2.75. The molecule has 0 heterocycles. The van der Waals surface area contributed by atoms with Crippen LogP contribution in [0.4, 0.5) is 8.78 Å². The van der Waals surface area contributed by atoms with Gasteiger partial charge in [0, 0.05) is 7.11 Å². The standard InChI is InChI=1S/C12H17F2NO/c1-3-15-11(12(13)14)10-7-5-4-6-9(10)8-16-2/h4-7,11-12,15H,3,8H2,1-2H3. The lowest BCUT2D eigenvalue weighted by Crippen LogP contribution is -2.28. The zero-order valence-corrected chi connectivity index (χ0v) is 9.54. The Hall–Kier alpha value is -1.00. The molecule has 0 amide bonds. The largest absolute Gasteiger partial charge is 0.380 e. The van der Waals surface area contributed by atoms with Gasteiger partial charge in [-0.3, -0.25) is 0 Å². The lowest BCUT2D eigenvalue weighted by molar-refractivity contribution is 0.0974. The molecule has 0 aliphatic heterocycles. The van der Waals surface area contributed by atoms with Gasteiger partial charge in [0.1, 0.15) is 0 Å². The average molecular weight is 229 g/mol. The molecule has 1 aromatic rings. The van der Waals surface area contributed by atoms with Gasteiger partial charge in [-0.1, -0.05) is 31.2 Å². The van der Waals surface area contributed by atoms with E-state index in [9.17, 15) is 8.78 Å². The molecular weight excluding hydrogens is 212 g/mol. The highest BCUT2D eigenvalue weighted by Gasteiger charge is 2.23. The van der Waals surface area contributed by atoms with Crippen molar-refractivity contribution < 1.29 is 13.5 Å². The van der Waals surface area contributed by atoms with Gasteiger partial charge < -0.3 is 10.1 Å². The molecule has 0 fully saturated rings. The van der Waals surface area contributed by atoms with Crippen molar-refractivity contribution in [3.8, 4) is 0 Å². The molecule has 1 unspecified atom stereocenters. The summed E-state index contributed by atoms with van der Waals surface area (Å²) in [4.78, 5) is 0. The second kappa shape index (κ2) is 6.55. The Balaban J connectivity index is 2.97. The first kappa shape index (κ1) is 13.1. The van der Waals surface area contributed by atoms with E-state index in [4.69, 9.17) is 4.74 Å². The number of ether oxygens (including phenoxy) is 1. The van der Waals surface area contributed by atoms with E-state index in [1.165, 1.54) is 0 Å². The summed E-state index contributed by atoms with van der Waals surface area (Å²) in [7, 11) is 1.56. The van der Waals surface area contributed by atoms with Gasteiger partial charge in [0.15, 0.2) is 0 Å². The Kier molecular flexibility index (Phi) is 5.35. The zero-order valence-electron chi connectivity index (χ0n) is 9.54. The SMILES string of the molecule is CCNC(c1ccccc1COC)C(F)F. The Morgan fingerprint density at radius 2 is 2.00 bits per heavy atom. The molecule has 0 bridgehead atoms. The molecule has 1 N–H and O–H groups in total. The number of hydrogen-bond donors (Lipinski definition) is 1. The van der Waals surface area contributed by atoms with Gasteiger partial charge >= 0.3 is 0 Å². The summed E-state index contributed by atoms with van der Waals surface area (Å²) >= 11 is 0. The van der Waals surface area contributed by atoms with E-state index in [-0.39, 0.29) is 0 Å².